The zero-order chi connectivity index (χ0) is 13.0. The Kier molecular flexibility index (Phi) is 3.90. The Hall–Kier alpha value is -1.93. The Balaban J connectivity index is 2.14. The molecule has 1 N–H and O–H groups in total. The summed E-state index contributed by atoms with van der Waals surface area (Å²) < 4.78 is 0.891. The lowest BCUT2D eigenvalue weighted by atomic mass is 10.2. The number of nitriles is 1. The van der Waals surface area contributed by atoms with E-state index in [-0.39, 0.29) is 0 Å². The molecule has 0 radical (unpaired) electrons. The fourth-order valence-corrected chi connectivity index (χ4v) is 1.91. The van der Waals surface area contributed by atoms with Crippen molar-refractivity contribution in [3.05, 3.63) is 52.0 Å². The van der Waals surface area contributed by atoms with E-state index in [1.54, 1.807) is 12.3 Å². The maximum absolute atomic E-state index is 9.05. The quantitative estimate of drug-likeness (QED) is 0.946. The number of halogens is 1. The summed E-state index contributed by atoms with van der Waals surface area (Å²) in [7, 11) is 0. The summed E-state index contributed by atoms with van der Waals surface area (Å²) in [6.45, 7) is 2.42. The highest BCUT2D eigenvalue weighted by atomic mass is 79.9. The molecule has 2 aromatic rings. The monoisotopic (exact) mass is 302 g/mol. The minimum atomic E-state index is 0.569. The van der Waals surface area contributed by atoms with Crippen molar-refractivity contribution in [2.75, 3.05) is 5.32 Å². The standard InChI is InChI=1S/C13H11BrN4/c1-9-16-5-4-12(18-9)8-17-13-3-2-11(14)6-10(13)7-15/h2-6,17H,8H2,1H3. The number of anilines is 1. The fraction of sp³-hybridized carbons (Fsp3) is 0.154. The molecule has 0 spiro atoms. The van der Waals surface area contributed by atoms with E-state index in [0.29, 0.717) is 12.1 Å². The van der Waals surface area contributed by atoms with Crippen LogP contribution in [0.5, 0.6) is 0 Å². The minimum absolute atomic E-state index is 0.569. The van der Waals surface area contributed by atoms with Gasteiger partial charge in [0.15, 0.2) is 0 Å². The van der Waals surface area contributed by atoms with Gasteiger partial charge in [0.2, 0.25) is 0 Å². The number of rotatable bonds is 3. The van der Waals surface area contributed by atoms with Crippen molar-refractivity contribution in [2.24, 2.45) is 0 Å². The third kappa shape index (κ3) is 3.05. The van der Waals surface area contributed by atoms with E-state index in [2.05, 4.69) is 37.3 Å². The number of aromatic nitrogens is 2. The molecule has 0 bridgehead atoms. The molecule has 18 heavy (non-hydrogen) atoms. The van der Waals surface area contributed by atoms with E-state index >= 15 is 0 Å². The normalized spacial score (nSPS) is 9.83. The van der Waals surface area contributed by atoms with Gasteiger partial charge in [-0.15, -0.1) is 0 Å². The van der Waals surface area contributed by atoms with Gasteiger partial charge in [-0.3, -0.25) is 0 Å². The van der Waals surface area contributed by atoms with Crippen molar-refractivity contribution in [3.8, 4) is 6.07 Å². The van der Waals surface area contributed by atoms with E-state index < -0.39 is 0 Å². The topological polar surface area (TPSA) is 61.6 Å². The van der Waals surface area contributed by atoms with Gasteiger partial charge < -0.3 is 5.32 Å². The minimum Gasteiger partial charge on any atom is -0.378 e. The number of hydrogen-bond donors (Lipinski definition) is 1. The Labute approximate surface area is 114 Å². The molecule has 4 nitrogen and oxygen atoms in total. The Bertz CT molecular complexity index is 604. The van der Waals surface area contributed by atoms with Crippen molar-refractivity contribution in [1.29, 1.82) is 5.26 Å². The van der Waals surface area contributed by atoms with Crippen molar-refractivity contribution in [2.45, 2.75) is 13.5 Å². The van der Waals surface area contributed by atoms with Gasteiger partial charge in [-0.2, -0.15) is 5.26 Å². The number of aryl methyl sites for hydroxylation is 1. The fourth-order valence-electron chi connectivity index (χ4n) is 1.55. The SMILES string of the molecule is Cc1nccc(CNc2ccc(Br)cc2C#N)n1. The van der Waals surface area contributed by atoms with Gasteiger partial charge in [-0.25, -0.2) is 9.97 Å². The maximum Gasteiger partial charge on any atom is 0.125 e. The van der Waals surface area contributed by atoms with Gasteiger partial charge in [0.05, 0.1) is 23.5 Å². The average Bonchev–Trinajstić information content (AvgIpc) is 2.37. The molecule has 0 aliphatic rings. The first-order chi connectivity index (χ1) is 8.69. The van der Waals surface area contributed by atoms with Crippen molar-refractivity contribution < 1.29 is 0 Å². The first-order valence-corrected chi connectivity index (χ1v) is 6.20. The molecule has 0 amide bonds. The predicted molar refractivity (Wildman–Crippen MR) is 73.0 cm³/mol. The lowest BCUT2D eigenvalue weighted by Gasteiger charge is -2.08. The number of benzene rings is 1. The lowest BCUT2D eigenvalue weighted by Crippen LogP contribution is -2.04. The summed E-state index contributed by atoms with van der Waals surface area (Å²) >= 11 is 3.34. The first kappa shape index (κ1) is 12.5. The molecule has 0 fully saturated rings. The van der Waals surface area contributed by atoms with Crippen LogP contribution in [0.3, 0.4) is 0 Å². The second-order valence-electron chi connectivity index (χ2n) is 3.75. The molecule has 5 heteroatoms. The third-order valence-electron chi connectivity index (χ3n) is 2.40. The molecule has 0 atom stereocenters. The zero-order valence-electron chi connectivity index (χ0n) is 9.81. The van der Waals surface area contributed by atoms with Crippen LogP contribution in [0.4, 0.5) is 5.69 Å². The zero-order valence-corrected chi connectivity index (χ0v) is 11.4. The third-order valence-corrected chi connectivity index (χ3v) is 2.89. The van der Waals surface area contributed by atoms with E-state index in [1.807, 2.05) is 25.1 Å². The second kappa shape index (κ2) is 5.61. The summed E-state index contributed by atoms with van der Waals surface area (Å²) in [5.41, 5.74) is 2.31. The second-order valence-corrected chi connectivity index (χ2v) is 4.67. The van der Waals surface area contributed by atoms with E-state index in [1.165, 1.54) is 0 Å². The largest absolute Gasteiger partial charge is 0.378 e. The van der Waals surface area contributed by atoms with Gasteiger partial charge in [-0.05, 0) is 31.2 Å². The molecule has 90 valence electrons. The molecule has 0 unspecified atom stereocenters. The highest BCUT2D eigenvalue weighted by molar-refractivity contribution is 9.10. The van der Waals surface area contributed by atoms with Gasteiger partial charge in [-0.1, -0.05) is 15.9 Å². The van der Waals surface area contributed by atoms with Crippen molar-refractivity contribution >= 4 is 21.6 Å². The number of nitrogens with zero attached hydrogens (tertiary/aromatic N) is 3. The molecule has 1 aromatic heterocycles. The summed E-state index contributed by atoms with van der Waals surface area (Å²) in [5, 5.41) is 12.2. The van der Waals surface area contributed by atoms with Gasteiger partial charge in [0.1, 0.15) is 11.9 Å². The van der Waals surface area contributed by atoms with Crippen molar-refractivity contribution in [3.63, 3.8) is 0 Å². The van der Waals surface area contributed by atoms with Crippen LogP contribution in [0.1, 0.15) is 17.1 Å². The van der Waals surface area contributed by atoms with Crippen molar-refractivity contribution in [1.82, 2.24) is 9.97 Å². The molecule has 1 aromatic carbocycles. The van der Waals surface area contributed by atoms with Crippen LogP contribution < -0.4 is 5.32 Å². The number of nitrogens with one attached hydrogen (secondary N) is 1. The van der Waals surface area contributed by atoms with Crippen LogP contribution in [-0.4, -0.2) is 9.97 Å². The molecule has 0 saturated carbocycles. The highest BCUT2D eigenvalue weighted by Crippen LogP contribution is 2.20. The summed E-state index contributed by atoms with van der Waals surface area (Å²) in [6, 6.07) is 9.57. The Morgan fingerprint density at radius 2 is 2.22 bits per heavy atom. The molecule has 0 aliphatic heterocycles. The molecule has 1 heterocycles. The lowest BCUT2D eigenvalue weighted by molar-refractivity contribution is 0.955. The average molecular weight is 303 g/mol. The number of hydrogen-bond acceptors (Lipinski definition) is 4. The molecule has 0 saturated heterocycles. The first-order valence-electron chi connectivity index (χ1n) is 5.41. The van der Waals surface area contributed by atoms with Crippen LogP contribution in [0.25, 0.3) is 0 Å². The highest BCUT2D eigenvalue weighted by Gasteiger charge is 2.03. The van der Waals surface area contributed by atoms with Crippen LogP contribution in [0.15, 0.2) is 34.9 Å². The Morgan fingerprint density at radius 3 is 2.94 bits per heavy atom. The van der Waals surface area contributed by atoms with Crippen LogP contribution in [-0.2, 0) is 6.54 Å². The van der Waals surface area contributed by atoms with E-state index in [0.717, 1.165) is 21.7 Å². The summed E-state index contributed by atoms with van der Waals surface area (Å²) in [4.78, 5) is 8.34. The molecular formula is C13H11BrN4. The van der Waals surface area contributed by atoms with Gasteiger partial charge in [0.25, 0.3) is 0 Å². The van der Waals surface area contributed by atoms with Gasteiger partial charge >= 0.3 is 0 Å². The molecule has 2 rings (SSSR count). The Morgan fingerprint density at radius 1 is 1.39 bits per heavy atom. The van der Waals surface area contributed by atoms with Crippen LogP contribution in [0.2, 0.25) is 0 Å². The van der Waals surface area contributed by atoms with Gasteiger partial charge in [0, 0.05) is 10.7 Å². The maximum atomic E-state index is 9.05. The summed E-state index contributed by atoms with van der Waals surface area (Å²) in [5.74, 6) is 0.741. The van der Waals surface area contributed by atoms with Crippen LogP contribution in [0, 0.1) is 18.3 Å². The smallest absolute Gasteiger partial charge is 0.125 e. The molecule has 0 aliphatic carbocycles. The predicted octanol–water partition coefficient (Wildman–Crippen LogP) is 3.03. The van der Waals surface area contributed by atoms with Crippen LogP contribution >= 0.6 is 15.9 Å². The van der Waals surface area contributed by atoms with E-state index in [4.69, 9.17) is 5.26 Å². The molecular weight excluding hydrogens is 292 g/mol. The van der Waals surface area contributed by atoms with E-state index in [9.17, 15) is 0 Å². The summed E-state index contributed by atoms with van der Waals surface area (Å²) in [6.07, 6.45) is 1.73.